The van der Waals surface area contributed by atoms with E-state index in [4.69, 9.17) is 16.6 Å². The van der Waals surface area contributed by atoms with E-state index in [1.807, 2.05) is 18.7 Å². The smallest absolute Gasteiger partial charge is 0.158 e. The first-order chi connectivity index (χ1) is 10.2. The van der Waals surface area contributed by atoms with Crippen LogP contribution in [0.5, 0.6) is 0 Å². The first kappa shape index (κ1) is 13.6. The molecule has 0 N–H and O–H groups in total. The molecule has 21 heavy (non-hydrogen) atoms. The highest BCUT2D eigenvalue weighted by atomic mass is 35.5. The number of fused-ring (bicyclic) bond motifs is 4. The number of hydrogen-bond acceptors (Lipinski definition) is 3. The van der Waals surface area contributed by atoms with Crippen molar-refractivity contribution >= 4 is 22.8 Å². The summed E-state index contributed by atoms with van der Waals surface area (Å²) in [5, 5.41) is 4.56. The van der Waals surface area contributed by atoms with E-state index < -0.39 is 0 Å². The zero-order chi connectivity index (χ0) is 14.6. The quantitative estimate of drug-likeness (QED) is 0.816. The highest BCUT2D eigenvalue weighted by Gasteiger charge is 2.37. The Bertz CT molecular complexity index is 665. The van der Waals surface area contributed by atoms with E-state index >= 15 is 0 Å². The molecule has 0 saturated carbocycles. The molecule has 0 amide bonds. The van der Waals surface area contributed by atoms with Crippen LogP contribution in [0, 0.1) is 12.8 Å². The van der Waals surface area contributed by atoms with Gasteiger partial charge >= 0.3 is 0 Å². The second-order valence-electron chi connectivity index (χ2n) is 6.42. The number of aromatic nitrogens is 4. The van der Waals surface area contributed by atoms with E-state index in [2.05, 4.69) is 14.6 Å². The molecule has 0 radical (unpaired) electrons. The van der Waals surface area contributed by atoms with Gasteiger partial charge in [0.15, 0.2) is 5.65 Å². The minimum absolute atomic E-state index is 0.533. The van der Waals surface area contributed by atoms with Crippen LogP contribution in [0.25, 0.3) is 11.2 Å². The second-order valence-corrected chi connectivity index (χ2v) is 6.80. The average molecular weight is 308 g/mol. The van der Waals surface area contributed by atoms with Crippen LogP contribution < -0.4 is 0 Å². The highest BCUT2D eigenvalue weighted by Crippen LogP contribution is 2.38. The van der Waals surface area contributed by atoms with Crippen molar-refractivity contribution in [1.29, 1.82) is 0 Å². The van der Waals surface area contributed by atoms with Crippen molar-refractivity contribution in [1.82, 2.24) is 24.2 Å². The second kappa shape index (κ2) is 4.99. The molecule has 0 spiro atoms. The molecule has 3 aliphatic heterocycles. The van der Waals surface area contributed by atoms with E-state index in [9.17, 15) is 0 Å². The predicted octanol–water partition coefficient (Wildman–Crippen LogP) is 2.13. The molecule has 0 aromatic carbocycles. The summed E-state index contributed by atoms with van der Waals surface area (Å²) < 4.78 is 4.45. The lowest BCUT2D eigenvalue weighted by atomic mass is 9.84. The zero-order valence-electron chi connectivity index (χ0n) is 12.7. The Balaban J connectivity index is 1.87. The maximum Gasteiger partial charge on any atom is 0.158 e. The summed E-state index contributed by atoms with van der Waals surface area (Å²) in [5.41, 5.74) is 3.24. The summed E-state index contributed by atoms with van der Waals surface area (Å²) in [6, 6.07) is 0.533. The molecule has 2 aromatic rings. The van der Waals surface area contributed by atoms with Gasteiger partial charge in [-0.25, -0.2) is 4.98 Å². The first-order valence-corrected chi connectivity index (χ1v) is 8.41. The fourth-order valence-corrected chi connectivity index (χ4v) is 4.35. The SMILES string of the molecule is Cc1nn(C)c2c1nc(CCCl)n2C1CN2CCC1CC2. The molecule has 0 aliphatic carbocycles. The monoisotopic (exact) mass is 307 g/mol. The Labute approximate surface area is 129 Å². The van der Waals surface area contributed by atoms with Crippen molar-refractivity contribution in [3.05, 3.63) is 11.5 Å². The van der Waals surface area contributed by atoms with Crippen LogP contribution >= 0.6 is 11.6 Å². The fraction of sp³-hybridized carbons (Fsp3) is 0.733. The first-order valence-electron chi connectivity index (χ1n) is 7.87. The van der Waals surface area contributed by atoms with Gasteiger partial charge in [-0.05, 0) is 38.8 Å². The van der Waals surface area contributed by atoms with Crippen molar-refractivity contribution in [2.45, 2.75) is 32.2 Å². The highest BCUT2D eigenvalue weighted by molar-refractivity contribution is 6.17. The normalized spacial score (nSPS) is 28.6. The van der Waals surface area contributed by atoms with Gasteiger partial charge in [0.25, 0.3) is 0 Å². The van der Waals surface area contributed by atoms with Gasteiger partial charge in [-0.15, -0.1) is 11.6 Å². The van der Waals surface area contributed by atoms with E-state index in [0.717, 1.165) is 35.9 Å². The van der Waals surface area contributed by atoms with Crippen LogP contribution in [0.1, 0.15) is 30.4 Å². The van der Waals surface area contributed by atoms with Gasteiger partial charge in [-0.2, -0.15) is 5.10 Å². The Morgan fingerprint density at radius 3 is 2.67 bits per heavy atom. The molecule has 5 nitrogen and oxygen atoms in total. The van der Waals surface area contributed by atoms with E-state index in [1.165, 1.54) is 31.6 Å². The fourth-order valence-electron chi connectivity index (χ4n) is 4.18. The lowest BCUT2D eigenvalue weighted by Gasteiger charge is -2.45. The van der Waals surface area contributed by atoms with Gasteiger partial charge < -0.3 is 9.47 Å². The molecule has 6 heteroatoms. The van der Waals surface area contributed by atoms with Gasteiger partial charge in [0.1, 0.15) is 11.3 Å². The number of nitrogens with zero attached hydrogens (tertiary/aromatic N) is 5. The van der Waals surface area contributed by atoms with E-state index in [0.29, 0.717) is 11.9 Å². The van der Waals surface area contributed by atoms with Crippen LogP contribution in [0.4, 0.5) is 0 Å². The maximum absolute atomic E-state index is 6.01. The summed E-state index contributed by atoms with van der Waals surface area (Å²) in [5.74, 6) is 2.53. The van der Waals surface area contributed by atoms with Crippen LogP contribution in [0.3, 0.4) is 0 Å². The average Bonchev–Trinajstić information content (AvgIpc) is 2.99. The van der Waals surface area contributed by atoms with Crippen LogP contribution in [-0.2, 0) is 13.5 Å². The Morgan fingerprint density at radius 2 is 2.05 bits per heavy atom. The third-order valence-corrected chi connectivity index (χ3v) is 5.37. The molecular weight excluding hydrogens is 286 g/mol. The van der Waals surface area contributed by atoms with Crippen LogP contribution in [-0.4, -0.2) is 49.7 Å². The standard InChI is InChI=1S/C15H22ClN5/c1-10-14-15(19(2)18-10)21(13(17-14)3-6-16)12-9-20-7-4-11(12)5-8-20/h11-12H,3-9H2,1-2H3. The number of piperidine rings is 3. The van der Waals surface area contributed by atoms with Crippen molar-refractivity contribution < 1.29 is 0 Å². The molecule has 5 heterocycles. The summed E-state index contributed by atoms with van der Waals surface area (Å²) in [6.45, 7) is 5.71. The lowest BCUT2D eigenvalue weighted by Crippen LogP contribution is -2.48. The van der Waals surface area contributed by atoms with E-state index in [1.54, 1.807) is 0 Å². The van der Waals surface area contributed by atoms with Crippen molar-refractivity contribution in [2.24, 2.45) is 13.0 Å². The van der Waals surface area contributed by atoms with Gasteiger partial charge in [-0.1, -0.05) is 0 Å². The van der Waals surface area contributed by atoms with Gasteiger partial charge in [-0.3, -0.25) is 4.68 Å². The third-order valence-electron chi connectivity index (χ3n) is 5.18. The molecule has 1 atom stereocenters. The molecule has 3 aliphatic rings. The van der Waals surface area contributed by atoms with Crippen molar-refractivity contribution in [2.75, 3.05) is 25.5 Å². The van der Waals surface area contributed by atoms with Crippen molar-refractivity contribution in [3.63, 3.8) is 0 Å². The zero-order valence-corrected chi connectivity index (χ0v) is 13.5. The Morgan fingerprint density at radius 1 is 1.29 bits per heavy atom. The number of hydrogen-bond donors (Lipinski definition) is 0. The Kier molecular flexibility index (Phi) is 3.23. The third kappa shape index (κ3) is 2.01. The van der Waals surface area contributed by atoms with Crippen LogP contribution in [0.15, 0.2) is 0 Å². The van der Waals surface area contributed by atoms with Crippen molar-refractivity contribution in [3.8, 4) is 0 Å². The minimum Gasteiger partial charge on any atom is -0.308 e. The van der Waals surface area contributed by atoms with E-state index in [-0.39, 0.29) is 0 Å². The molecule has 5 rings (SSSR count). The molecule has 1 unspecified atom stereocenters. The van der Waals surface area contributed by atoms with Gasteiger partial charge in [0.2, 0.25) is 0 Å². The topological polar surface area (TPSA) is 38.9 Å². The minimum atomic E-state index is 0.533. The number of rotatable bonds is 3. The van der Waals surface area contributed by atoms with Gasteiger partial charge in [0, 0.05) is 25.9 Å². The predicted molar refractivity (Wildman–Crippen MR) is 83.9 cm³/mol. The summed E-state index contributed by atoms with van der Waals surface area (Å²) in [6.07, 6.45) is 3.45. The molecule has 2 aromatic heterocycles. The van der Waals surface area contributed by atoms with Crippen LogP contribution in [0.2, 0.25) is 0 Å². The molecule has 2 bridgehead atoms. The molecule has 114 valence electrons. The molecule has 3 fully saturated rings. The van der Waals surface area contributed by atoms with Gasteiger partial charge in [0.05, 0.1) is 11.7 Å². The summed E-state index contributed by atoms with van der Waals surface area (Å²) in [7, 11) is 2.03. The summed E-state index contributed by atoms with van der Waals surface area (Å²) in [4.78, 5) is 7.45. The maximum atomic E-state index is 6.01. The molecular formula is C15H22ClN5. The number of halogens is 1. The summed E-state index contributed by atoms with van der Waals surface area (Å²) >= 11 is 6.01. The Hall–Kier alpha value is -1.07. The number of alkyl halides is 1. The molecule has 3 saturated heterocycles. The lowest BCUT2D eigenvalue weighted by molar-refractivity contribution is 0.0571. The largest absolute Gasteiger partial charge is 0.308 e. The number of aryl methyl sites for hydroxylation is 3. The number of imidazole rings is 1.